The number of carbonyl (C=O) groups excluding carboxylic acids is 1. The lowest BCUT2D eigenvalue weighted by molar-refractivity contribution is -0.135. The molecule has 0 spiro atoms. The molecule has 0 bridgehead atoms. The van der Waals surface area contributed by atoms with Crippen LogP contribution in [-0.2, 0) is 9.53 Å². The van der Waals surface area contributed by atoms with Crippen LogP contribution in [0.15, 0.2) is 11.6 Å². The van der Waals surface area contributed by atoms with Crippen molar-refractivity contribution in [3.8, 4) is 0 Å². The summed E-state index contributed by atoms with van der Waals surface area (Å²) in [5, 5.41) is 0. The second kappa shape index (κ2) is 1.99. The van der Waals surface area contributed by atoms with Gasteiger partial charge in [0.1, 0.15) is 0 Å². The molecule has 1 aliphatic heterocycles. The summed E-state index contributed by atoms with van der Waals surface area (Å²) in [7, 11) is 0. The van der Waals surface area contributed by atoms with Gasteiger partial charge in [-0.1, -0.05) is 6.08 Å². The molecule has 8 heavy (non-hydrogen) atoms. The van der Waals surface area contributed by atoms with Crippen molar-refractivity contribution in [3.63, 3.8) is 0 Å². The Morgan fingerprint density at radius 3 is 2.75 bits per heavy atom. The second-order valence-corrected chi connectivity index (χ2v) is 1.70. The Morgan fingerprint density at radius 1 is 1.75 bits per heavy atom. The summed E-state index contributed by atoms with van der Waals surface area (Å²) in [6, 6.07) is 0. The Labute approximate surface area is 48.1 Å². The lowest BCUT2D eigenvalue weighted by atomic mass is 10.2. The summed E-state index contributed by atoms with van der Waals surface area (Å²) in [6.07, 6.45) is 2.59. The fourth-order valence-electron chi connectivity index (χ4n) is 0.711. The van der Waals surface area contributed by atoms with Crippen LogP contribution in [0.4, 0.5) is 0 Å². The third kappa shape index (κ3) is 0.735. The molecule has 0 aliphatic carbocycles. The quantitative estimate of drug-likeness (QED) is 0.343. The zero-order valence-corrected chi connectivity index (χ0v) is 4.81. The van der Waals surface area contributed by atoms with E-state index in [1.165, 1.54) is 0 Å². The Hall–Kier alpha value is -0.790. The summed E-state index contributed by atoms with van der Waals surface area (Å²) in [5.74, 6) is -0.146. The van der Waals surface area contributed by atoms with E-state index >= 15 is 0 Å². The van der Waals surface area contributed by atoms with Crippen LogP contribution in [0.3, 0.4) is 0 Å². The molecule has 0 atom stereocenters. The summed E-state index contributed by atoms with van der Waals surface area (Å²) in [5.41, 5.74) is 0.810. The zero-order chi connectivity index (χ0) is 5.98. The SMILES string of the molecule is CC=C1CCOC1=O. The molecule has 1 heterocycles. The van der Waals surface area contributed by atoms with E-state index in [0.29, 0.717) is 6.61 Å². The van der Waals surface area contributed by atoms with E-state index < -0.39 is 0 Å². The zero-order valence-electron chi connectivity index (χ0n) is 4.81. The van der Waals surface area contributed by atoms with E-state index in [0.717, 1.165) is 12.0 Å². The van der Waals surface area contributed by atoms with Crippen molar-refractivity contribution in [3.05, 3.63) is 11.6 Å². The van der Waals surface area contributed by atoms with Gasteiger partial charge in [0.05, 0.1) is 6.61 Å². The fourth-order valence-corrected chi connectivity index (χ4v) is 0.711. The highest BCUT2D eigenvalue weighted by molar-refractivity contribution is 5.90. The maximum absolute atomic E-state index is 10.5. The number of cyclic esters (lactones) is 1. The Balaban J connectivity index is 2.69. The Kier molecular flexibility index (Phi) is 1.33. The highest BCUT2D eigenvalue weighted by Gasteiger charge is 2.16. The van der Waals surface area contributed by atoms with Gasteiger partial charge in [-0.25, -0.2) is 4.79 Å². The lowest BCUT2D eigenvalue weighted by Crippen LogP contribution is -1.93. The van der Waals surface area contributed by atoms with Gasteiger partial charge in [0.25, 0.3) is 0 Å². The number of carbonyl (C=O) groups is 1. The molecule has 1 rings (SSSR count). The highest BCUT2D eigenvalue weighted by Crippen LogP contribution is 2.11. The number of allylic oxidation sites excluding steroid dienone is 1. The van der Waals surface area contributed by atoms with Crippen LogP contribution in [0.2, 0.25) is 0 Å². The first-order valence-electron chi connectivity index (χ1n) is 2.67. The van der Waals surface area contributed by atoms with Crippen molar-refractivity contribution in [2.75, 3.05) is 6.61 Å². The molecule has 0 aromatic carbocycles. The average Bonchev–Trinajstić information content (AvgIpc) is 2.14. The first-order chi connectivity index (χ1) is 3.84. The van der Waals surface area contributed by atoms with Crippen molar-refractivity contribution in [1.82, 2.24) is 0 Å². The van der Waals surface area contributed by atoms with Crippen LogP contribution in [0.5, 0.6) is 0 Å². The normalized spacial score (nSPS) is 24.1. The summed E-state index contributed by atoms with van der Waals surface area (Å²) in [4.78, 5) is 10.5. The van der Waals surface area contributed by atoms with E-state index in [1.54, 1.807) is 6.08 Å². The Morgan fingerprint density at radius 2 is 2.50 bits per heavy atom. The van der Waals surface area contributed by atoms with Crippen LogP contribution in [0, 0.1) is 0 Å². The summed E-state index contributed by atoms with van der Waals surface area (Å²) < 4.78 is 4.65. The third-order valence-electron chi connectivity index (χ3n) is 1.22. The molecule has 0 radical (unpaired) electrons. The maximum atomic E-state index is 10.5. The first-order valence-corrected chi connectivity index (χ1v) is 2.67. The van der Waals surface area contributed by atoms with E-state index in [9.17, 15) is 4.79 Å². The molecular formula is C6H8O2. The molecule has 0 amide bonds. The number of hydrogen-bond donors (Lipinski definition) is 0. The highest BCUT2D eigenvalue weighted by atomic mass is 16.5. The molecule has 1 saturated heterocycles. The van der Waals surface area contributed by atoms with Crippen molar-refractivity contribution in [1.29, 1.82) is 0 Å². The molecule has 1 fully saturated rings. The van der Waals surface area contributed by atoms with E-state index in [-0.39, 0.29) is 5.97 Å². The van der Waals surface area contributed by atoms with Crippen LogP contribution < -0.4 is 0 Å². The molecule has 1 aliphatic rings. The summed E-state index contributed by atoms with van der Waals surface area (Å²) in [6.45, 7) is 2.42. The van der Waals surface area contributed by atoms with Crippen molar-refractivity contribution in [2.24, 2.45) is 0 Å². The number of hydrogen-bond acceptors (Lipinski definition) is 2. The topological polar surface area (TPSA) is 26.3 Å². The van der Waals surface area contributed by atoms with E-state index in [2.05, 4.69) is 4.74 Å². The van der Waals surface area contributed by atoms with Gasteiger partial charge in [-0.2, -0.15) is 0 Å². The van der Waals surface area contributed by atoms with Gasteiger partial charge in [0.15, 0.2) is 0 Å². The standard InChI is InChI=1S/C6H8O2/c1-2-5-3-4-8-6(5)7/h2H,3-4H2,1H3. The number of rotatable bonds is 0. The van der Waals surface area contributed by atoms with E-state index in [4.69, 9.17) is 0 Å². The second-order valence-electron chi connectivity index (χ2n) is 1.70. The van der Waals surface area contributed by atoms with Crippen LogP contribution >= 0.6 is 0 Å². The van der Waals surface area contributed by atoms with Gasteiger partial charge in [0.2, 0.25) is 0 Å². The smallest absolute Gasteiger partial charge is 0.333 e. The predicted molar refractivity (Wildman–Crippen MR) is 29.3 cm³/mol. The van der Waals surface area contributed by atoms with Crippen molar-refractivity contribution >= 4 is 5.97 Å². The molecule has 44 valence electrons. The fraction of sp³-hybridized carbons (Fsp3) is 0.500. The molecule has 2 heteroatoms. The van der Waals surface area contributed by atoms with Crippen molar-refractivity contribution in [2.45, 2.75) is 13.3 Å². The molecule has 0 aromatic heterocycles. The molecular weight excluding hydrogens is 104 g/mol. The molecule has 0 unspecified atom stereocenters. The van der Waals surface area contributed by atoms with Gasteiger partial charge in [0, 0.05) is 12.0 Å². The molecule has 0 aromatic rings. The first kappa shape index (κ1) is 5.35. The van der Waals surface area contributed by atoms with E-state index in [1.807, 2.05) is 6.92 Å². The number of ether oxygens (including phenoxy) is 1. The third-order valence-corrected chi connectivity index (χ3v) is 1.22. The van der Waals surface area contributed by atoms with Crippen LogP contribution in [0.25, 0.3) is 0 Å². The van der Waals surface area contributed by atoms with Crippen molar-refractivity contribution < 1.29 is 9.53 Å². The molecule has 2 nitrogen and oxygen atoms in total. The number of esters is 1. The van der Waals surface area contributed by atoms with Gasteiger partial charge in [-0.05, 0) is 6.92 Å². The minimum absolute atomic E-state index is 0.146. The van der Waals surface area contributed by atoms with Gasteiger partial charge in [-0.15, -0.1) is 0 Å². The molecule has 0 saturated carbocycles. The minimum Gasteiger partial charge on any atom is -0.462 e. The summed E-state index contributed by atoms with van der Waals surface area (Å²) >= 11 is 0. The molecule has 0 N–H and O–H groups in total. The van der Waals surface area contributed by atoms with Gasteiger partial charge < -0.3 is 4.74 Å². The largest absolute Gasteiger partial charge is 0.462 e. The van der Waals surface area contributed by atoms with Gasteiger partial charge in [-0.3, -0.25) is 0 Å². The van der Waals surface area contributed by atoms with Crippen LogP contribution in [-0.4, -0.2) is 12.6 Å². The van der Waals surface area contributed by atoms with Crippen LogP contribution in [0.1, 0.15) is 13.3 Å². The predicted octanol–water partition coefficient (Wildman–Crippen LogP) is 0.880. The maximum Gasteiger partial charge on any atom is 0.333 e. The lowest BCUT2D eigenvalue weighted by Gasteiger charge is -1.84. The monoisotopic (exact) mass is 112 g/mol. The average molecular weight is 112 g/mol. The van der Waals surface area contributed by atoms with Gasteiger partial charge >= 0.3 is 5.97 Å². The minimum atomic E-state index is -0.146. The Bertz CT molecular complexity index is 135.